The van der Waals surface area contributed by atoms with Gasteiger partial charge in [-0.25, -0.2) is 4.39 Å². The number of benzene rings is 2. The van der Waals surface area contributed by atoms with E-state index in [-0.39, 0.29) is 5.75 Å². The highest BCUT2D eigenvalue weighted by Crippen LogP contribution is 2.25. The molecule has 2 aromatic rings. The molecule has 2 aromatic carbocycles. The Bertz CT molecular complexity index is 596. The maximum absolute atomic E-state index is 13.6. The first kappa shape index (κ1) is 12.1. The molecule has 0 radical (unpaired) electrons. The van der Waals surface area contributed by atoms with Gasteiger partial charge in [-0.3, -0.25) is 4.79 Å². The molecular formula is C14H12FNO2. The number of carbonyl (C=O) groups is 1. The van der Waals surface area contributed by atoms with Gasteiger partial charge < -0.3 is 10.5 Å². The second-order valence-corrected chi connectivity index (χ2v) is 3.79. The molecule has 0 aromatic heterocycles. The fourth-order valence-corrected chi connectivity index (χ4v) is 1.70. The van der Waals surface area contributed by atoms with Crippen LogP contribution in [-0.2, 0) is 0 Å². The number of carbonyl (C=O) groups excluding carboxylic acids is 1. The molecule has 18 heavy (non-hydrogen) atoms. The molecule has 4 heteroatoms. The van der Waals surface area contributed by atoms with Gasteiger partial charge in [-0.15, -0.1) is 0 Å². The van der Waals surface area contributed by atoms with Gasteiger partial charge in [0, 0.05) is 5.56 Å². The van der Waals surface area contributed by atoms with Crippen LogP contribution in [0.5, 0.6) is 5.75 Å². The first-order valence-electron chi connectivity index (χ1n) is 5.35. The van der Waals surface area contributed by atoms with E-state index in [4.69, 9.17) is 10.5 Å². The average molecular weight is 245 g/mol. The van der Waals surface area contributed by atoms with Gasteiger partial charge in [-0.1, -0.05) is 18.2 Å². The van der Waals surface area contributed by atoms with Crippen LogP contribution in [0.1, 0.15) is 10.4 Å². The van der Waals surface area contributed by atoms with Gasteiger partial charge in [0.2, 0.25) is 5.91 Å². The number of halogens is 1. The van der Waals surface area contributed by atoms with Gasteiger partial charge in [-0.2, -0.15) is 0 Å². The minimum atomic E-state index is -0.508. The number of methoxy groups -OCH3 is 1. The zero-order valence-electron chi connectivity index (χ0n) is 9.81. The van der Waals surface area contributed by atoms with E-state index in [0.29, 0.717) is 11.1 Å². The Morgan fingerprint density at radius 2 is 1.89 bits per heavy atom. The lowest BCUT2D eigenvalue weighted by Gasteiger charge is -2.06. The van der Waals surface area contributed by atoms with E-state index in [1.807, 2.05) is 0 Å². The smallest absolute Gasteiger partial charge is 0.248 e. The number of primary amides is 1. The molecule has 1 amide bonds. The van der Waals surface area contributed by atoms with Gasteiger partial charge in [0.1, 0.15) is 0 Å². The third-order valence-corrected chi connectivity index (χ3v) is 2.63. The molecule has 0 unspecified atom stereocenters. The maximum Gasteiger partial charge on any atom is 0.248 e. The number of amides is 1. The molecule has 2 rings (SSSR count). The molecule has 0 heterocycles. The summed E-state index contributed by atoms with van der Waals surface area (Å²) in [6, 6.07) is 11.4. The predicted molar refractivity (Wildman–Crippen MR) is 66.9 cm³/mol. The van der Waals surface area contributed by atoms with Crippen LogP contribution >= 0.6 is 0 Å². The molecule has 0 aliphatic rings. The van der Waals surface area contributed by atoms with Crippen LogP contribution < -0.4 is 10.5 Å². The van der Waals surface area contributed by atoms with Crippen LogP contribution in [0.25, 0.3) is 11.1 Å². The molecule has 0 aliphatic heterocycles. The fraction of sp³-hybridized carbons (Fsp3) is 0.0714. The number of hydrogen-bond acceptors (Lipinski definition) is 2. The lowest BCUT2D eigenvalue weighted by Crippen LogP contribution is -2.10. The van der Waals surface area contributed by atoms with Crippen molar-refractivity contribution in [3.8, 4) is 16.9 Å². The Morgan fingerprint density at radius 3 is 2.50 bits per heavy atom. The highest BCUT2D eigenvalue weighted by molar-refractivity contribution is 5.94. The summed E-state index contributed by atoms with van der Waals surface area (Å²) in [6.45, 7) is 0. The summed E-state index contributed by atoms with van der Waals surface area (Å²) in [5.74, 6) is -0.768. The largest absolute Gasteiger partial charge is 0.494 e. The molecular weight excluding hydrogens is 233 g/mol. The van der Waals surface area contributed by atoms with Gasteiger partial charge in [0.25, 0.3) is 0 Å². The third-order valence-electron chi connectivity index (χ3n) is 2.63. The van der Waals surface area contributed by atoms with Crippen molar-refractivity contribution in [3.63, 3.8) is 0 Å². The van der Waals surface area contributed by atoms with E-state index < -0.39 is 11.7 Å². The van der Waals surface area contributed by atoms with Crippen molar-refractivity contribution >= 4 is 5.91 Å². The summed E-state index contributed by atoms with van der Waals surface area (Å²) in [5, 5.41) is 0. The quantitative estimate of drug-likeness (QED) is 0.903. The van der Waals surface area contributed by atoms with Crippen molar-refractivity contribution in [1.29, 1.82) is 0 Å². The Kier molecular flexibility index (Phi) is 3.28. The summed E-state index contributed by atoms with van der Waals surface area (Å²) >= 11 is 0. The average Bonchev–Trinajstić information content (AvgIpc) is 2.38. The first-order chi connectivity index (χ1) is 8.61. The lowest BCUT2D eigenvalue weighted by atomic mass is 10.0. The Morgan fingerprint density at radius 1 is 1.17 bits per heavy atom. The Labute approximate surface area is 104 Å². The molecule has 0 atom stereocenters. The van der Waals surface area contributed by atoms with Crippen molar-refractivity contribution in [1.82, 2.24) is 0 Å². The van der Waals surface area contributed by atoms with E-state index >= 15 is 0 Å². The monoisotopic (exact) mass is 245 g/mol. The van der Waals surface area contributed by atoms with Crippen molar-refractivity contribution < 1.29 is 13.9 Å². The zero-order chi connectivity index (χ0) is 13.1. The highest BCUT2D eigenvalue weighted by Gasteiger charge is 2.07. The van der Waals surface area contributed by atoms with Crippen LogP contribution in [0.15, 0.2) is 42.5 Å². The number of hydrogen-bond donors (Lipinski definition) is 1. The summed E-state index contributed by atoms with van der Waals surface area (Å²) < 4.78 is 18.4. The Hall–Kier alpha value is -2.36. The topological polar surface area (TPSA) is 52.3 Å². The zero-order valence-corrected chi connectivity index (χ0v) is 9.81. The Balaban J connectivity index is 2.45. The third kappa shape index (κ3) is 2.32. The molecule has 0 saturated heterocycles. The predicted octanol–water partition coefficient (Wildman–Crippen LogP) is 2.60. The number of rotatable bonds is 3. The minimum absolute atomic E-state index is 0.185. The van der Waals surface area contributed by atoms with Gasteiger partial charge in [-0.05, 0) is 35.4 Å². The molecule has 92 valence electrons. The van der Waals surface area contributed by atoms with Crippen LogP contribution in [0.2, 0.25) is 0 Å². The van der Waals surface area contributed by atoms with E-state index in [1.54, 1.807) is 36.4 Å². The standard InChI is InChI=1S/C14H12FNO2/c1-18-13-6-5-10(8-12(13)15)9-3-2-4-11(7-9)14(16)17/h2-8H,1H3,(H2,16,17). The van der Waals surface area contributed by atoms with E-state index in [1.165, 1.54) is 13.2 Å². The highest BCUT2D eigenvalue weighted by atomic mass is 19.1. The van der Waals surface area contributed by atoms with Crippen LogP contribution in [0.3, 0.4) is 0 Å². The number of nitrogens with two attached hydrogens (primary N) is 1. The lowest BCUT2D eigenvalue weighted by molar-refractivity contribution is 0.100. The summed E-state index contributed by atoms with van der Waals surface area (Å²) in [6.07, 6.45) is 0. The van der Waals surface area contributed by atoms with Crippen molar-refractivity contribution in [2.24, 2.45) is 5.73 Å². The van der Waals surface area contributed by atoms with Gasteiger partial charge in [0.05, 0.1) is 7.11 Å². The fourth-order valence-electron chi connectivity index (χ4n) is 1.70. The summed E-state index contributed by atoms with van der Waals surface area (Å²) in [7, 11) is 1.41. The van der Waals surface area contributed by atoms with Crippen molar-refractivity contribution in [2.45, 2.75) is 0 Å². The van der Waals surface area contributed by atoms with Crippen molar-refractivity contribution in [3.05, 3.63) is 53.8 Å². The van der Waals surface area contributed by atoms with Gasteiger partial charge in [0.15, 0.2) is 11.6 Å². The van der Waals surface area contributed by atoms with Gasteiger partial charge >= 0.3 is 0 Å². The van der Waals surface area contributed by atoms with Crippen LogP contribution in [-0.4, -0.2) is 13.0 Å². The molecule has 0 bridgehead atoms. The van der Waals surface area contributed by atoms with E-state index in [0.717, 1.165) is 5.56 Å². The first-order valence-corrected chi connectivity index (χ1v) is 5.35. The second-order valence-electron chi connectivity index (χ2n) is 3.79. The summed E-state index contributed by atoms with van der Waals surface area (Å²) in [4.78, 5) is 11.1. The number of ether oxygens (including phenoxy) is 1. The molecule has 0 spiro atoms. The molecule has 0 aliphatic carbocycles. The van der Waals surface area contributed by atoms with Crippen LogP contribution in [0.4, 0.5) is 4.39 Å². The molecule has 2 N–H and O–H groups in total. The van der Waals surface area contributed by atoms with E-state index in [2.05, 4.69) is 0 Å². The molecule has 3 nitrogen and oxygen atoms in total. The normalized spacial score (nSPS) is 10.1. The SMILES string of the molecule is COc1ccc(-c2cccc(C(N)=O)c2)cc1F. The second kappa shape index (κ2) is 4.87. The molecule has 0 saturated carbocycles. The van der Waals surface area contributed by atoms with E-state index in [9.17, 15) is 9.18 Å². The molecule has 0 fully saturated rings. The minimum Gasteiger partial charge on any atom is -0.494 e. The summed E-state index contributed by atoms with van der Waals surface area (Å²) in [5.41, 5.74) is 6.99. The maximum atomic E-state index is 13.6. The van der Waals surface area contributed by atoms with Crippen LogP contribution in [0, 0.1) is 5.82 Å². The van der Waals surface area contributed by atoms with Crippen molar-refractivity contribution in [2.75, 3.05) is 7.11 Å².